The molecule has 3 heteroatoms. The molecule has 0 aliphatic rings. The third-order valence-corrected chi connectivity index (χ3v) is 3.61. The number of benzene rings is 1. The molecular weight excluding hydrogens is 303 g/mol. The van der Waals surface area contributed by atoms with Crippen molar-refractivity contribution in [1.29, 1.82) is 0 Å². The first kappa shape index (κ1) is 8.78. The van der Waals surface area contributed by atoms with Gasteiger partial charge >= 0.3 is 0 Å². The van der Waals surface area contributed by atoms with Gasteiger partial charge in [-0.05, 0) is 58.7 Å². The monoisotopic (exact) mass is 308 g/mol. The first-order valence-electron chi connectivity index (χ1n) is 3.52. The highest BCUT2D eigenvalue weighted by Crippen LogP contribution is 2.32. The molecule has 1 aromatic carbocycles. The van der Waals surface area contributed by atoms with E-state index in [-0.39, 0.29) is 0 Å². The Balaban J connectivity index is 2.88. The van der Waals surface area contributed by atoms with Crippen LogP contribution in [0.15, 0.2) is 18.2 Å². The Kier molecular flexibility index (Phi) is 2.31. The van der Waals surface area contributed by atoms with Crippen molar-refractivity contribution in [3.63, 3.8) is 0 Å². The molecule has 0 saturated carbocycles. The Morgan fingerprint density at radius 2 is 2.08 bits per heavy atom. The molecule has 0 radical (unpaired) electrons. The first-order valence-corrected chi connectivity index (χ1v) is 5.79. The summed E-state index contributed by atoms with van der Waals surface area (Å²) in [6, 6.07) is 6.37. The van der Waals surface area contributed by atoms with Gasteiger partial charge in [0.2, 0.25) is 0 Å². The van der Waals surface area contributed by atoms with Gasteiger partial charge in [0.1, 0.15) is 0 Å². The Bertz CT molecular complexity index is 433. The van der Waals surface area contributed by atoms with Crippen LogP contribution in [0.1, 0.15) is 5.56 Å². The second kappa shape index (κ2) is 3.16. The molecule has 0 atom stereocenters. The van der Waals surface area contributed by atoms with Crippen molar-refractivity contribution >= 4 is 55.6 Å². The normalized spacial score (nSPS) is 10.9. The minimum Gasteiger partial charge on any atom is -0.123 e. The van der Waals surface area contributed by atoms with Crippen LogP contribution in [0.4, 0.5) is 0 Å². The molecule has 0 spiro atoms. The van der Waals surface area contributed by atoms with Gasteiger partial charge in [0.15, 0.2) is 0 Å². The van der Waals surface area contributed by atoms with Crippen LogP contribution < -0.4 is 0 Å². The zero-order valence-electron chi connectivity index (χ0n) is 6.40. The van der Waals surface area contributed by atoms with Gasteiger partial charge in [0, 0.05) is 8.27 Å². The average molecular weight is 309 g/mol. The van der Waals surface area contributed by atoms with Crippen LogP contribution in [0.3, 0.4) is 0 Å². The van der Waals surface area contributed by atoms with Gasteiger partial charge in [0.05, 0.1) is 4.34 Å². The lowest BCUT2D eigenvalue weighted by atomic mass is 10.2. The van der Waals surface area contributed by atoms with Crippen molar-refractivity contribution in [3.05, 3.63) is 31.7 Å². The third-order valence-electron chi connectivity index (χ3n) is 1.78. The molecule has 0 bridgehead atoms. The zero-order chi connectivity index (χ0) is 8.72. The SMILES string of the molecule is Cc1cc(I)cc2sc(Cl)cc12. The summed E-state index contributed by atoms with van der Waals surface area (Å²) in [6.07, 6.45) is 0. The average Bonchev–Trinajstić information content (AvgIpc) is 2.29. The van der Waals surface area contributed by atoms with Crippen molar-refractivity contribution in [2.24, 2.45) is 0 Å². The van der Waals surface area contributed by atoms with Crippen molar-refractivity contribution in [3.8, 4) is 0 Å². The molecule has 2 aromatic rings. The Labute approximate surface area is 93.7 Å². The van der Waals surface area contributed by atoms with E-state index in [9.17, 15) is 0 Å². The molecule has 1 heterocycles. The smallest absolute Gasteiger partial charge is 0.0940 e. The number of rotatable bonds is 0. The van der Waals surface area contributed by atoms with Crippen LogP contribution in [0, 0.1) is 10.5 Å². The van der Waals surface area contributed by atoms with Crippen molar-refractivity contribution in [2.75, 3.05) is 0 Å². The minimum absolute atomic E-state index is 0.870. The van der Waals surface area contributed by atoms with E-state index < -0.39 is 0 Å². The van der Waals surface area contributed by atoms with E-state index in [1.54, 1.807) is 11.3 Å². The molecule has 12 heavy (non-hydrogen) atoms. The second-order valence-electron chi connectivity index (χ2n) is 2.69. The molecular formula is C9H6ClIS. The van der Waals surface area contributed by atoms with Crippen molar-refractivity contribution in [2.45, 2.75) is 6.92 Å². The van der Waals surface area contributed by atoms with Crippen LogP contribution in [-0.4, -0.2) is 0 Å². The molecule has 1 aromatic heterocycles. The van der Waals surface area contributed by atoms with E-state index in [1.807, 2.05) is 6.07 Å². The molecule has 0 unspecified atom stereocenters. The maximum absolute atomic E-state index is 5.92. The molecule has 0 aliphatic carbocycles. The number of hydrogen-bond acceptors (Lipinski definition) is 1. The molecule has 62 valence electrons. The fourth-order valence-electron chi connectivity index (χ4n) is 1.24. The lowest BCUT2D eigenvalue weighted by Gasteiger charge is -1.95. The topological polar surface area (TPSA) is 0 Å². The predicted molar refractivity (Wildman–Crippen MR) is 64.3 cm³/mol. The summed E-state index contributed by atoms with van der Waals surface area (Å²) in [6.45, 7) is 2.12. The molecule has 0 aliphatic heterocycles. The van der Waals surface area contributed by atoms with Crippen LogP contribution in [0.25, 0.3) is 10.1 Å². The van der Waals surface area contributed by atoms with Gasteiger partial charge in [-0.2, -0.15) is 0 Å². The van der Waals surface area contributed by atoms with Crippen LogP contribution in [0.5, 0.6) is 0 Å². The van der Waals surface area contributed by atoms with Crippen molar-refractivity contribution < 1.29 is 0 Å². The largest absolute Gasteiger partial charge is 0.123 e. The molecule has 2 rings (SSSR count). The lowest BCUT2D eigenvalue weighted by molar-refractivity contribution is 1.52. The van der Waals surface area contributed by atoms with Gasteiger partial charge in [0.25, 0.3) is 0 Å². The van der Waals surface area contributed by atoms with E-state index in [0.29, 0.717) is 0 Å². The molecule has 0 nitrogen and oxygen atoms in total. The zero-order valence-corrected chi connectivity index (χ0v) is 10.1. The highest BCUT2D eigenvalue weighted by Gasteiger charge is 2.03. The first-order chi connectivity index (χ1) is 5.66. The Morgan fingerprint density at radius 3 is 2.83 bits per heavy atom. The fourth-order valence-corrected chi connectivity index (χ4v) is 3.49. The van der Waals surface area contributed by atoms with Gasteiger partial charge in [-0.25, -0.2) is 0 Å². The summed E-state index contributed by atoms with van der Waals surface area (Å²) in [5.41, 5.74) is 1.31. The molecule has 0 saturated heterocycles. The molecule has 0 fully saturated rings. The number of thiophene rings is 1. The van der Waals surface area contributed by atoms with Crippen molar-refractivity contribution in [1.82, 2.24) is 0 Å². The standard InChI is InChI=1S/C9H6ClIS/c1-5-2-6(11)3-8-7(5)4-9(10)12-8/h2-4H,1H3. The number of hydrogen-bond donors (Lipinski definition) is 0. The quantitative estimate of drug-likeness (QED) is 0.630. The second-order valence-corrected chi connectivity index (χ2v) is 5.65. The summed E-state index contributed by atoms with van der Waals surface area (Å²) in [5, 5.41) is 1.28. The fraction of sp³-hybridized carbons (Fsp3) is 0.111. The van der Waals surface area contributed by atoms with Gasteiger partial charge < -0.3 is 0 Å². The summed E-state index contributed by atoms with van der Waals surface area (Å²) in [5.74, 6) is 0. The number of aryl methyl sites for hydroxylation is 1. The highest BCUT2D eigenvalue weighted by molar-refractivity contribution is 14.1. The summed E-state index contributed by atoms with van der Waals surface area (Å²) in [7, 11) is 0. The number of fused-ring (bicyclic) bond motifs is 1. The predicted octanol–water partition coefficient (Wildman–Crippen LogP) is 4.47. The summed E-state index contributed by atoms with van der Waals surface area (Å²) < 4.78 is 3.43. The molecule has 0 amide bonds. The van der Waals surface area contributed by atoms with Gasteiger partial charge in [-0.1, -0.05) is 11.6 Å². The van der Waals surface area contributed by atoms with Crippen LogP contribution in [-0.2, 0) is 0 Å². The van der Waals surface area contributed by atoms with E-state index in [4.69, 9.17) is 11.6 Å². The summed E-state index contributed by atoms with van der Waals surface area (Å²) in [4.78, 5) is 0. The van der Waals surface area contributed by atoms with Crippen LogP contribution >= 0.6 is 45.5 Å². The van der Waals surface area contributed by atoms with Gasteiger partial charge in [-0.15, -0.1) is 11.3 Å². The van der Waals surface area contributed by atoms with Crippen LogP contribution in [0.2, 0.25) is 4.34 Å². The highest BCUT2D eigenvalue weighted by atomic mass is 127. The maximum Gasteiger partial charge on any atom is 0.0940 e. The molecule has 0 N–H and O–H groups in total. The Morgan fingerprint density at radius 1 is 1.33 bits per heavy atom. The van der Waals surface area contributed by atoms with Gasteiger partial charge in [-0.3, -0.25) is 0 Å². The third kappa shape index (κ3) is 1.47. The number of halogens is 2. The lowest BCUT2D eigenvalue weighted by Crippen LogP contribution is -1.75. The van der Waals surface area contributed by atoms with E-state index in [2.05, 4.69) is 41.6 Å². The van der Waals surface area contributed by atoms with E-state index in [0.717, 1.165) is 4.34 Å². The minimum atomic E-state index is 0.870. The van der Waals surface area contributed by atoms with E-state index in [1.165, 1.54) is 19.2 Å². The maximum atomic E-state index is 5.92. The van der Waals surface area contributed by atoms with E-state index >= 15 is 0 Å². The Hall–Kier alpha value is 0.200. The summed E-state index contributed by atoms with van der Waals surface area (Å²) >= 11 is 9.89.